The van der Waals surface area contributed by atoms with Gasteiger partial charge in [-0.15, -0.1) is 0 Å². The molecule has 0 saturated heterocycles. The minimum absolute atomic E-state index is 0.0725. The summed E-state index contributed by atoms with van der Waals surface area (Å²) in [4.78, 5) is 26.8. The van der Waals surface area contributed by atoms with E-state index < -0.39 is 0 Å². The lowest BCUT2D eigenvalue weighted by Gasteiger charge is -2.10. The summed E-state index contributed by atoms with van der Waals surface area (Å²) >= 11 is 0. The van der Waals surface area contributed by atoms with E-state index in [0.29, 0.717) is 13.0 Å². The summed E-state index contributed by atoms with van der Waals surface area (Å²) in [6, 6.07) is 2.08. The van der Waals surface area contributed by atoms with E-state index in [9.17, 15) is 9.59 Å². The Morgan fingerprint density at radius 1 is 1.18 bits per heavy atom. The molecule has 0 aromatic rings. The minimum Gasteiger partial charge on any atom is -0.211 e. The fraction of sp³-hybridized carbons (Fsp3) is 0.750. The molecule has 92 valence electrons. The summed E-state index contributed by atoms with van der Waals surface area (Å²) in [6.45, 7) is 2.31. The zero-order valence-corrected chi connectivity index (χ0v) is 10.1. The smallest absolute Gasteiger partial charge is 0.211 e. The van der Waals surface area contributed by atoms with Gasteiger partial charge in [-0.05, 0) is 26.2 Å². The third-order valence-corrected chi connectivity index (χ3v) is 2.47. The van der Waals surface area contributed by atoms with Crippen LogP contribution in [-0.2, 0) is 9.59 Å². The van der Waals surface area contributed by atoms with Crippen molar-refractivity contribution in [1.29, 1.82) is 5.26 Å². The van der Waals surface area contributed by atoms with Gasteiger partial charge in [0.05, 0.1) is 18.7 Å². The SMILES string of the molecule is CC(CC(C#N)CCCCCN=C=O)N=C=O. The van der Waals surface area contributed by atoms with Crippen LogP contribution in [-0.4, -0.2) is 24.7 Å². The molecule has 0 spiro atoms. The topological polar surface area (TPSA) is 82.7 Å². The van der Waals surface area contributed by atoms with Crippen LogP contribution in [0.1, 0.15) is 39.0 Å². The van der Waals surface area contributed by atoms with Crippen LogP contribution in [0.4, 0.5) is 0 Å². The quantitative estimate of drug-likeness (QED) is 0.348. The molecular formula is C12H17N3O2. The first kappa shape index (κ1) is 15.2. The lowest BCUT2D eigenvalue weighted by molar-refractivity contribution is 0.474. The summed E-state index contributed by atoms with van der Waals surface area (Å²) in [6.07, 6.45) is 7.09. The van der Waals surface area contributed by atoms with Crippen molar-refractivity contribution in [3.63, 3.8) is 0 Å². The molecule has 0 aromatic carbocycles. The number of aliphatic imine (C=N–C) groups is 2. The van der Waals surface area contributed by atoms with Gasteiger partial charge in [0.1, 0.15) is 0 Å². The molecule has 2 unspecified atom stereocenters. The number of hydrogen-bond donors (Lipinski definition) is 0. The minimum atomic E-state index is -0.142. The molecule has 0 N–H and O–H groups in total. The summed E-state index contributed by atoms with van der Waals surface area (Å²) in [5.74, 6) is -0.0725. The molecule has 0 radical (unpaired) electrons. The molecule has 0 aromatic heterocycles. The van der Waals surface area contributed by atoms with Crippen molar-refractivity contribution in [2.24, 2.45) is 15.9 Å². The standard InChI is InChI=1S/C12H17N3O2/c1-11(15-10-17)7-12(8-13)5-3-2-4-6-14-9-16/h11-12H,2-7H2,1H3. The van der Waals surface area contributed by atoms with Crippen LogP contribution >= 0.6 is 0 Å². The molecule has 0 heterocycles. The van der Waals surface area contributed by atoms with Gasteiger partial charge in [-0.1, -0.05) is 12.8 Å². The molecule has 0 aliphatic heterocycles. The molecule has 0 saturated carbocycles. The second kappa shape index (κ2) is 10.8. The predicted octanol–water partition coefficient (Wildman–Crippen LogP) is 2.14. The van der Waals surface area contributed by atoms with Crippen LogP contribution in [0.2, 0.25) is 0 Å². The van der Waals surface area contributed by atoms with Gasteiger partial charge < -0.3 is 0 Å². The van der Waals surface area contributed by atoms with Crippen molar-refractivity contribution in [2.75, 3.05) is 6.54 Å². The van der Waals surface area contributed by atoms with Crippen molar-refractivity contribution < 1.29 is 9.59 Å². The Morgan fingerprint density at radius 3 is 2.53 bits per heavy atom. The summed E-state index contributed by atoms with van der Waals surface area (Å²) in [5.41, 5.74) is 0. The highest BCUT2D eigenvalue weighted by Crippen LogP contribution is 2.16. The van der Waals surface area contributed by atoms with Gasteiger partial charge >= 0.3 is 0 Å². The van der Waals surface area contributed by atoms with E-state index in [0.717, 1.165) is 25.7 Å². The molecule has 2 atom stereocenters. The lowest BCUT2D eigenvalue weighted by atomic mass is 9.96. The lowest BCUT2D eigenvalue weighted by Crippen LogP contribution is -2.07. The van der Waals surface area contributed by atoms with E-state index in [2.05, 4.69) is 16.1 Å². The van der Waals surface area contributed by atoms with E-state index in [1.807, 2.05) is 0 Å². The van der Waals surface area contributed by atoms with Gasteiger partial charge in [0, 0.05) is 5.92 Å². The zero-order chi connectivity index (χ0) is 12.9. The molecule has 5 heteroatoms. The second-order valence-corrected chi connectivity index (χ2v) is 3.95. The van der Waals surface area contributed by atoms with Crippen LogP contribution < -0.4 is 0 Å². The third kappa shape index (κ3) is 9.19. The van der Waals surface area contributed by atoms with Crippen molar-refractivity contribution in [3.8, 4) is 6.07 Å². The first-order chi connectivity index (χ1) is 8.24. The molecule has 17 heavy (non-hydrogen) atoms. The van der Waals surface area contributed by atoms with E-state index in [4.69, 9.17) is 5.26 Å². The Balaban J connectivity index is 3.72. The van der Waals surface area contributed by atoms with Crippen LogP contribution in [0.25, 0.3) is 0 Å². The molecule has 0 aliphatic rings. The highest BCUT2D eigenvalue weighted by molar-refractivity contribution is 5.33. The van der Waals surface area contributed by atoms with E-state index in [1.165, 1.54) is 12.2 Å². The summed E-state index contributed by atoms with van der Waals surface area (Å²) < 4.78 is 0. The number of unbranched alkanes of at least 4 members (excludes halogenated alkanes) is 2. The first-order valence-corrected chi connectivity index (χ1v) is 5.74. The molecule has 0 rings (SSSR count). The van der Waals surface area contributed by atoms with Gasteiger partial charge in [-0.2, -0.15) is 5.26 Å². The fourth-order valence-corrected chi connectivity index (χ4v) is 1.59. The van der Waals surface area contributed by atoms with Crippen molar-refractivity contribution in [1.82, 2.24) is 0 Å². The summed E-state index contributed by atoms with van der Waals surface area (Å²) in [7, 11) is 0. The second-order valence-electron chi connectivity index (χ2n) is 3.95. The highest BCUT2D eigenvalue weighted by Gasteiger charge is 2.11. The predicted molar refractivity (Wildman–Crippen MR) is 62.8 cm³/mol. The van der Waals surface area contributed by atoms with Crippen LogP contribution in [0.5, 0.6) is 0 Å². The number of rotatable bonds is 9. The molecule has 5 nitrogen and oxygen atoms in total. The van der Waals surface area contributed by atoms with E-state index in [1.54, 1.807) is 6.92 Å². The van der Waals surface area contributed by atoms with Crippen LogP contribution in [0.15, 0.2) is 9.98 Å². The first-order valence-electron chi connectivity index (χ1n) is 5.74. The number of isocyanates is 2. The molecule has 0 bridgehead atoms. The highest BCUT2D eigenvalue weighted by atomic mass is 16.1. The van der Waals surface area contributed by atoms with E-state index in [-0.39, 0.29) is 12.0 Å². The van der Waals surface area contributed by atoms with Crippen molar-refractivity contribution >= 4 is 12.2 Å². The molecule has 0 fully saturated rings. The van der Waals surface area contributed by atoms with Gasteiger partial charge in [-0.3, -0.25) is 0 Å². The van der Waals surface area contributed by atoms with Gasteiger partial charge in [0.15, 0.2) is 0 Å². The maximum Gasteiger partial charge on any atom is 0.235 e. The van der Waals surface area contributed by atoms with Crippen LogP contribution in [0, 0.1) is 17.2 Å². The van der Waals surface area contributed by atoms with Gasteiger partial charge in [0.2, 0.25) is 12.2 Å². The van der Waals surface area contributed by atoms with Gasteiger partial charge in [-0.25, -0.2) is 19.6 Å². The number of hydrogen-bond acceptors (Lipinski definition) is 5. The van der Waals surface area contributed by atoms with Crippen molar-refractivity contribution in [2.45, 2.75) is 45.1 Å². The zero-order valence-electron chi connectivity index (χ0n) is 10.1. The number of carbonyl (C=O) groups excluding carboxylic acids is 2. The fourth-order valence-electron chi connectivity index (χ4n) is 1.59. The molecule has 0 aliphatic carbocycles. The van der Waals surface area contributed by atoms with Crippen molar-refractivity contribution in [3.05, 3.63) is 0 Å². The average Bonchev–Trinajstić information content (AvgIpc) is 2.32. The Hall–Kier alpha value is -1.75. The average molecular weight is 235 g/mol. The summed E-state index contributed by atoms with van der Waals surface area (Å²) in [5, 5.41) is 8.92. The van der Waals surface area contributed by atoms with E-state index >= 15 is 0 Å². The Morgan fingerprint density at radius 2 is 1.94 bits per heavy atom. The normalized spacial score (nSPS) is 12.7. The Bertz CT molecular complexity index is 336. The van der Waals surface area contributed by atoms with Gasteiger partial charge in [0.25, 0.3) is 0 Å². The number of nitrogens with zero attached hydrogens (tertiary/aromatic N) is 3. The number of nitriles is 1. The molecule has 0 amide bonds. The maximum absolute atomic E-state index is 10.0. The third-order valence-electron chi connectivity index (χ3n) is 2.47. The monoisotopic (exact) mass is 235 g/mol. The Labute approximate surface area is 101 Å². The molecular weight excluding hydrogens is 218 g/mol. The largest absolute Gasteiger partial charge is 0.235 e. The van der Waals surface area contributed by atoms with Crippen LogP contribution in [0.3, 0.4) is 0 Å². The maximum atomic E-state index is 10.0. The Kier molecular flexibility index (Phi) is 9.65.